The van der Waals surface area contributed by atoms with Crippen LogP contribution in [0.3, 0.4) is 0 Å². The fourth-order valence-corrected chi connectivity index (χ4v) is 3.55. The summed E-state index contributed by atoms with van der Waals surface area (Å²) in [5, 5.41) is 5.66. The molecule has 1 saturated heterocycles. The molecule has 0 amide bonds. The quantitative estimate of drug-likeness (QED) is 0.723. The van der Waals surface area contributed by atoms with Crippen molar-refractivity contribution < 1.29 is 0 Å². The molecule has 0 spiro atoms. The van der Waals surface area contributed by atoms with Gasteiger partial charge in [-0.05, 0) is 31.9 Å². The van der Waals surface area contributed by atoms with Crippen LogP contribution in [0.15, 0.2) is 42.7 Å². The third-order valence-electron chi connectivity index (χ3n) is 4.82. The average Bonchev–Trinajstić information content (AvgIpc) is 3.14. The highest BCUT2D eigenvalue weighted by Gasteiger charge is 2.29. The zero-order valence-electron chi connectivity index (χ0n) is 13.0. The number of hydrogen-bond donors (Lipinski definition) is 0. The van der Waals surface area contributed by atoms with E-state index in [9.17, 15) is 0 Å². The number of benzene rings is 1. The average molecular weight is 292 g/mol. The van der Waals surface area contributed by atoms with E-state index in [2.05, 4.69) is 46.2 Å². The van der Waals surface area contributed by atoms with Gasteiger partial charge in [-0.15, -0.1) is 0 Å². The van der Waals surface area contributed by atoms with Crippen molar-refractivity contribution >= 4 is 16.6 Å². The number of fused-ring (bicyclic) bond motifs is 1. The van der Waals surface area contributed by atoms with Gasteiger partial charge in [0.25, 0.3) is 0 Å². The Morgan fingerprint density at radius 1 is 1.18 bits per heavy atom. The number of aryl methyl sites for hydroxylation is 1. The Labute approximate surface area is 130 Å². The first kappa shape index (κ1) is 13.3. The number of nitrogens with zero attached hydrogens (tertiary/aromatic N) is 4. The van der Waals surface area contributed by atoms with Crippen molar-refractivity contribution in [2.75, 3.05) is 11.4 Å². The van der Waals surface area contributed by atoms with Crippen LogP contribution in [0.5, 0.6) is 0 Å². The minimum atomic E-state index is 0.416. The van der Waals surface area contributed by atoms with Gasteiger partial charge in [0.05, 0.1) is 17.8 Å². The molecule has 1 atom stereocenters. The Morgan fingerprint density at radius 3 is 2.86 bits per heavy atom. The van der Waals surface area contributed by atoms with E-state index in [1.807, 2.05) is 30.2 Å². The van der Waals surface area contributed by atoms with Crippen molar-refractivity contribution in [3.63, 3.8) is 0 Å². The van der Waals surface area contributed by atoms with Gasteiger partial charge in [-0.1, -0.05) is 18.2 Å². The molecule has 4 heteroatoms. The first-order valence-electron chi connectivity index (χ1n) is 7.84. The van der Waals surface area contributed by atoms with Crippen LogP contribution in [0.25, 0.3) is 10.9 Å². The van der Waals surface area contributed by atoms with Crippen molar-refractivity contribution in [1.29, 1.82) is 0 Å². The summed E-state index contributed by atoms with van der Waals surface area (Å²) < 4.78 is 1.97. The summed E-state index contributed by atoms with van der Waals surface area (Å²) in [6.45, 7) is 3.25. The first-order valence-corrected chi connectivity index (χ1v) is 7.84. The summed E-state index contributed by atoms with van der Waals surface area (Å²) in [6, 6.07) is 11.0. The summed E-state index contributed by atoms with van der Waals surface area (Å²) in [5.41, 5.74) is 4.96. The standard InChI is InChI=1S/C18H20N4/c1-13-15(12-20-21(13)2)17-8-5-11-22(17)18-9-10-19-16-7-4-3-6-14(16)18/h3-4,6-7,9-10,12,17H,5,8,11H2,1-2H3/t17-/m0/s1. The topological polar surface area (TPSA) is 34.0 Å². The van der Waals surface area contributed by atoms with Crippen LogP contribution in [0.1, 0.15) is 30.1 Å². The van der Waals surface area contributed by atoms with Crippen molar-refractivity contribution in [2.45, 2.75) is 25.8 Å². The second-order valence-electron chi connectivity index (χ2n) is 6.01. The largest absolute Gasteiger partial charge is 0.364 e. The van der Waals surface area contributed by atoms with E-state index < -0.39 is 0 Å². The summed E-state index contributed by atoms with van der Waals surface area (Å²) in [4.78, 5) is 7.01. The highest BCUT2D eigenvalue weighted by molar-refractivity contribution is 5.91. The normalized spacial score (nSPS) is 18.3. The predicted molar refractivity (Wildman–Crippen MR) is 89.0 cm³/mol. The summed E-state index contributed by atoms with van der Waals surface area (Å²) in [5.74, 6) is 0. The maximum atomic E-state index is 4.49. The van der Waals surface area contributed by atoms with E-state index in [0.29, 0.717) is 6.04 Å². The minimum Gasteiger partial charge on any atom is -0.364 e. The zero-order chi connectivity index (χ0) is 15.1. The van der Waals surface area contributed by atoms with Crippen LogP contribution in [0.2, 0.25) is 0 Å². The van der Waals surface area contributed by atoms with E-state index in [4.69, 9.17) is 0 Å². The molecule has 112 valence electrons. The molecule has 3 aromatic rings. The minimum absolute atomic E-state index is 0.416. The van der Waals surface area contributed by atoms with Gasteiger partial charge in [0.15, 0.2) is 0 Å². The number of rotatable bonds is 2. The number of aromatic nitrogens is 3. The van der Waals surface area contributed by atoms with Crippen molar-refractivity contribution in [2.24, 2.45) is 7.05 Å². The van der Waals surface area contributed by atoms with Crippen LogP contribution < -0.4 is 4.90 Å². The van der Waals surface area contributed by atoms with Crippen molar-refractivity contribution in [3.05, 3.63) is 54.0 Å². The van der Waals surface area contributed by atoms with Crippen LogP contribution in [-0.4, -0.2) is 21.3 Å². The summed E-state index contributed by atoms with van der Waals surface area (Å²) in [6.07, 6.45) is 6.35. The summed E-state index contributed by atoms with van der Waals surface area (Å²) in [7, 11) is 2.01. The first-order chi connectivity index (χ1) is 10.8. The van der Waals surface area contributed by atoms with Gasteiger partial charge in [0, 0.05) is 42.1 Å². The molecule has 0 radical (unpaired) electrons. The zero-order valence-corrected chi connectivity index (χ0v) is 13.0. The molecule has 1 aliphatic rings. The molecular weight excluding hydrogens is 272 g/mol. The molecule has 0 unspecified atom stereocenters. The molecule has 3 heterocycles. The Balaban J connectivity index is 1.82. The molecule has 22 heavy (non-hydrogen) atoms. The number of pyridine rings is 1. The Kier molecular flexibility index (Phi) is 3.10. The van der Waals surface area contributed by atoms with E-state index in [-0.39, 0.29) is 0 Å². The van der Waals surface area contributed by atoms with E-state index in [1.54, 1.807) is 0 Å². The third kappa shape index (κ3) is 1.98. The molecule has 2 aromatic heterocycles. The Bertz CT molecular complexity index is 816. The van der Waals surface area contributed by atoms with Gasteiger partial charge in [-0.3, -0.25) is 9.67 Å². The van der Waals surface area contributed by atoms with Crippen LogP contribution in [0.4, 0.5) is 5.69 Å². The van der Waals surface area contributed by atoms with Crippen LogP contribution >= 0.6 is 0 Å². The monoisotopic (exact) mass is 292 g/mol. The molecular formula is C18H20N4. The van der Waals surface area contributed by atoms with Gasteiger partial charge in [-0.2, -0.15) is 5.10 Å². The fraction of sp³-hybridized carbons (Fsp3) is 0.333. The lowest BCUT2D eigenvalue weighted by atomic mass is 10.0. The SMILES string of the molecule is Cc1c([C@@H]2CCCN2c2ccnc3ccccc23)cnn1C. The van der Waals surface area contributed by atoms with Crippen LogP contribution in [0, 0.1) is 6.92 Å². The Hall–Kier alpha value is -2.36. The number of para-hydroxylation sites is 1. The van der Waals surface area contributed by atoms with Crippen LogP contribution in [-0.2, 0) is 7.05 Å². The third-order valence-corrected chi connectivity index (χ3v) is 4.82. The lowest BCUT2D eigenvalue weighted by Gasteiger charge is -2.28. The molecule has 0 bridgehead atoms. The van der Waals surface area contributed by atoms with Crippen molar-refractivity contribution in [1.82, 2.24) is 14.8 Å². The maximum Gasteiger partial charge on any atom is 0.0722 e. The van der Waals surface area contributed by atoms with Crippen molar-refractivity contribution in [3.8, 4) is 0 Å². The fourth-order valence-electron chi connectivity index (χ4n) is 3.55. The van der Waals surface area contributed by atoms with E-state index in [1.165, 1.54) is 35.2 Å². The number of anilines is 1. The maximum absolute atomic E-state index is 4.49. The highest BCUT2D eigenvalue weighted by Crippen LogP contribution is 2.39. The second kappa shape index (κ2) is 5.13. The molecule has 4 nitrogen and oxygen atoms in total. The molecule has 0 N–H and O–H groups in total. The van der Waals surface area contributed by atoms with Gasteiger partial charge >= 0.3 is 0 Å². The molecule has 0 aliphatic carbocycles. The second-order valence-corrected chi connectivity index (χ2v) is 6.01. The van der Waals surface area contributed by atoms with Gasteiger partial charge < -0.3 is 4.90 Å². The molecule has 1 aromatic carbocycles. The molecule has 1 aliphatic heterocycles. The molecule has 0 saturated carbocycles. The molecule has 4 rings (SSSR count). The molecule has 1 fully saturated rings. The lowest BCUT2D eigenvalue weighted by molar-refractivity contribution is 0.700. The van der Waals surface area contributed by atoms with Gasteiger partial charge in [0.2, 0.25) is 0 Å². The van der Waals surface area contributed by atoms with E-state index >= 15 is 0 Å². The number of hydrogen-bond acceptors (Lipinski definition) is 3. The van der Waals surface area contributed by atoms with E-state index in [0.717, 1.165) is 12.1 Å². The van der Waals surface area contributed by atoms with Gasteiger partial charge in [-0.25, -0.2) is 0 Å². The summed E-state index contributed by atoms with van der Waals surface area (Å²) >= 11 is 0. The van der Waals surface area contributed by atoms with Gasteiger partial charge in [0.1, 0.15) is 0 Å². The smallest absolute Gasteiger partial charge is 0.0722 e. The Morgan fingerprint density at radius 2 is 2.05 bits per heavy atom. The lowest BCUT2D eigenvalue weighted by Crippen LogP contribution is -2.23. The predicted octanol–water partition coefficient (Wildman–Crippen LogP) is 3.62. The highest BCUT2D eigenvalue weighted by atomic mass is 15.3.